The summed E-state index contributed by atoms with van der Waals surface area (Å²) in [6.07, 6.45) is 0.570. The maximum atomic E-state index is 5.83. The van der Waals surface area contributed by atoms with Crippen LogP contribution in [0, 0.1) is 6.92 Å². The summed E-state index contributed by atoms with van der Waals surface area (Å²) in [4.78, 5) is 6.19. The SMILES string of the molecule is Cc1nc2ccccc2c2nnc(C[NH+]3C[C@@H](C)O[C@H](C)C3)n12. The molecule has 1 fully saturated rings. The minimum atomic E-state index is 0.285. The number of fused-ring (bicyclic) bond motifs is 3. The molecule has 0 spiro atoms. The summed E-state index contributed by atoms with van der Waals surface area (Å²) in [5.74, 6) is 1.92. The number of quaternary nitrogens is 1. The number of nitrogens with zero attached hydrogens (tertiary/aromatic N) is 4. The molecule has 1 aliphatic rings. The van der Waals surface area contributed by atoms with Crippen molar-refractivity contribution >= 4 is 16.6 Å². The van der Waals surface area contributed by atoms with Crippen molar-refractivity contribution in [3.63, 3.8) is 0 Å². The van der Waals surface area contributed by atoms with Crippen LogP contribution in [0.4, 0.5) is 0 Å². The van der Waals surface area contributed by atoms with E-state index < -0.39 is 0 Å². The second-order valence-electron chi connectivity index (χ2n) is 6.54. The van der Waals surface area contributed by atoms with Crippen molar-refractivity contribution in [3.05, 3.63) is 35.9 Å². The summed E-state index contributed by atoms with van der Waals surface area (Å²) in [6.45, 7) is 9.14. The van der Waals surface area contributed by atoms with Gasteiger partial charge >= 0.3 is 0 Å². The fourth-order valence-electron chi connectivity index (χ4n) is 3.69. The van der Waals surface area contributed by atoms with E-state index in [2.05, 4.69) is 34.5 Å². The molecule has 1 aliphatic heterocycles. The minimum absolute atomic E-state index is 0.285. The van der Waals surface area contributed by atoms with Crippen molar-refractivity contribution in [2.24, 2.45) is 0 Å². The average Bonchev–Trinajstić information content (AvgIpc) is 2.91. The molecule has 6 nitrogen and oxygen atoms in total. The molecule has 1 aromatic carbocycles. The summed E-state index contributed by atoms with van der Waals surface area (Å²) in [5, 5.41) is 9.95. The van der Waals surface area contributed by atoms with Crippen LogP contribution in [0.1, 0.15) is 25.5 Å². The Kier molecular flexibility index (Phi) is 3.50. The number of morpholine rings is 1. The van der Waals surface area contributed by atoms with Gasteiger partial charge in [-0.25, -0.2) is 4.98 Å². The van der Waals surface area contributed by atoms with Crippen LogP contribution in [0.5, 0.6) is 0 Å². The van der Waals surface area contributed by atoms with Gasteiger partial charge in [-0.2, -0.15) is 0 Å². The molecule has 6 heteroatoms. The number of benzene rings is 1. The number of aromatic nitrogens is 4. The predicted octanol–water partition coefficient (Wildman–Crippen LogP) is 0.778. The highest BCUT2D eigenvalue weighted by atomic mass is 16.5. The first-order chi connectivity index (χ1) is 11.1. The van der Waals surface area contributed by atoms with Crippen molar-refractivity contribution in [3.8, 4) is 0 Å². The van der Waals surface area contributed by atoms with E-state index in [9.17, 15) is 0 Å². The van der Waals surface area contributed by atoms with Crippen LogP contribution in [0.25, 0.3) is 16.6 Å². The van der Waals surface area contributed by atoms with Gasteiger partial charge in [-0.05, 0) is 32.9 Å². The molecule has 3 heterocycles. The molecule has 4 rings (SSSR count). The average molecular weight is 312 g/mol. The van der Waals surface area contributed by atoms with Gasteiger partial charge in [0.2, 0.25) is 0 Å². The van der Waals surface area contributed by atoms with Crippen LogP contribution in [0.2, 0.25) is 0 Å². The van der Waals surface area contributed by atoms with Gasteiger partial charge < -0.3 is 9.64 Å². The van der Waals surface area contributed by atoms with E-state index in [1.165, 1.54) is 4.90 Å². The van der Waals surface area contributed by atoms with Gasteiger partial charge in [0.25, 0.3) is 0 Å². The van der Waals surface area contributed by atoms with E-state index in [1.54, 1.807) is 0 Å². The van der Waals surface area contributed by atoms with Crippen LogP contribution in [-0.4, -0.2) is 44.9 Å². The van der Waals surface area contributed by atoms with Crippen molar-refractivity contribution in [1.29, 1.82) is 0 Å². The highest BCUT2D eigenvalue weighted by Crippen LogP contribution is 2.18. The van der Waals surface area contributed by atoms with E-state index in [0.29, 0.717) is 0 Å². The maximum absolute atomic E-state index is 5.83. The fourth-order valence-corrected chi connectivity index (χ4v) is 3.69. The molecule has 0 saturated carbocycles. The van der Waals surface area contributed by atoms with Gasteiger partial charge in [-0.15, -0.1) is 10.2 Å². The standard InChI is InChI=1S/C17H21N5O/c1-11-8-21(9-12(2)23-11)10-16-19-20-17-14-6-4-5-7-15(14)18-13(3)22(16)17/h4-7,11-12H,8-10H2,1-3H3/p+1/t11-,12-/m1/s1. The molecule has 3 aromatic rings. The molecule has 0 unspecified atom stereocenters. The summed E-state index contributed by atoms with van der Waals surface area (Å²) in [5.41, 5.74) is 1.87. The van der Waals surface area contributed by atoms with Crippen LogP contribution in [-0.2, 0) is 11.3 Å². The molecular weight excluding hydrogens is 290 g/mol. The van der Waals surface area contributed by atoms with E-state index in [1.807, 2.05) is 25.1 Å². The third-order valence-electron chi connectivity index (χ3n) is 4.51. The van der Waals surface area contributed by atoms with Gasteiger partial charge in [0.1, 0.15) is 37.7 Å². The molecule has 2 aromatic heterocycles. The van der Waals surface area contributed by atoms with Gasteiger partial charge in [-0.1, -0.05) is 12.1 Å². The zero-order chi connectivity index (χ0) is 16.0. The second kappa shape index (κ2) is 5.54. The molecule has 0 amide bonds. The van der Waals surface area contributed by atoms with Gasteiger partial charge in [-0.3, -0.25) is 4.40 Å². The Morgan fingerprint density at radius 1 is 1.17 bits per heavy atom. The summed E-state index contributed by atoms with van der Waals surface area (Å²) in [6, 6.07) is 8.10. The van der Waals surface area contributed by atoms with Crippen LogP contribution >= 0.6 is 0 Å². The molecule has 0 aliphatic carbocycles. The lowest BCUT2D eigenvalue weighted by molar-refractivity contribution is -0.929. The smallest absolute Gasteiger partial charge is 0.194 e. The third-order valence-corrected chi connectivity index (χ3v) is 4.51. The molecule has 0 bridgehead atoms. The molecular formula is C17H22N5O+. The Bertz CT molecular complexity index is 849. The number of hydrogen-bond donors (Lipinski definition) is 1. The van der Waals surface area contributed by atoms with Crippen molar-refractivity contribution in [2.75, 3.05) is 13.1 Å². The lowest BCUT2D eigenvalue weighted by Crippen LogP contribution is -3.14. The number of nitrogens with one attached hydrogen (secondary N) is 1. The lowest BCUT2D eigenvalue weighted by atomic mass is 10.2. The minimum Gasteiger partial charge on any atom is -0.364 e. The summed E-state index contributed by atoms with van der Waals surface area (Å²) in [7, 11) is 0. The Hall–Kier alpha value is -2.05. The monoisotopic (exact) mass is 312 g/mol. The first kappa shape index (κ1) is 14.5. The number of hydrogen-bond acceptors (Lipinski definition) is 4. The fraction of sp³-hybridized carbons (Fsp3) is 0.471. The van der Waals surface area contributed by atoms with Gasteiger partial charge in [0.05, 0.1) is 5.52 Å². The first-order valence-corrected chi connectivity index (χ1v) is 8.20. The number of para-hydroxylation sites is 1. The quantitative estimate of drug-likeness (QED) is 0.760. The summed E-state index contributed by atoms with van der Waals surface area (Å²) >= 11 is 0. The van der Waals surface area contributed by atoms with E-state index in [4.69, 9.17) is 9.72 Å². The molecule has 23 heavy (non-hydrogen) atoms. The number of aryl methyl sites for hydroxylation is 1. The van der Waals surface area contributed by atoms with E-state index in [-0.39, 0.29) is 12.2 Å². The second-order valence-corrected chi connectivity index (χ2v) is 6.54. The van der Waals surface area contributed by atoms with Crippen LogP contribution < -0.4 is 4.90 Å². The molecule has 1 saturated heterocycles. The van der Waals surface area contributed by atoms with E-state index in [0.717, 1.165) is 47.8 Å². The largest absolute Gasteiger partial charge is 0.364 e. The van der Waals surface area contributed by atoms with Crippen molar-refractivity contribution in [2.45, 2.75) is 39.5 Å². The number of ether oxygens (including phenoxy) is 1. The van der Waals surface area contributed by atoms with Crippen molar-refractivity contribution < 1.29 is 9.64 Å². The Balaban J connectivity index is 1.75. The lowest BCUT2D eigenvalue weighted by Gasteiger charge is -2.31. The first-order valence-electron chi connectivity index (χ1n) is 8.20. The zero-order valence-corrected chi connectivity index (χ0v) is 13.8. The van der Waals surface area contributed by atoms with Gasteiger partial charge in [0.15, 0.2) is 11.5 Å². The summed E-state index contributed by atoms with van der Waals surface area (Å²) < 4.78 is 7.93. The number of rotatable bonds is 2. The Labute approximate surface area is 135 Å². The Morgan fingerprint density at radius 2 is 1.91 bits per heavy atom. The molecule has 120 valence electrons. The Morgan fingerprint density at radius 3 is 2.70 bits per heavy atom. The zero-order valence-electron chi connectivity index (χ0n) is 13.8. The van der Waals surface area contributed by atoms with Crippen LogP contribution in [0.3, 0.4) is 0 Å². The highest BCUT2D eigenvalue weighted by Gasteiger charge is 2.27. The third kappa shape index (κ3) is 2.58. The van der Waals surface area contributed by atoms with Crippen LogP contribution in [0.15, 0.2) is 24.3 Å². The maximum Gasteiger partial charge on any atom is 0.194 e. The molecule has 2 atom stereocenters. The van der Waals surface area contributed by atoms with Gasteiger partial charge in [0, 0.05) is 5.39 Å². The van der Waals surface area contributed by atoms with E-state index >= 15 is 0 Å². The molecule has 0 radical (unpaired) electrons. The predicted molar refractivity (Wildman–Crippen MR) is 87.4 cm³/mol. The van der Waals surface area contributed by atoms with Crippen molar-refractivity contribution in [1.82, 2.24) is 19.6 Å². The normalized spacial score (nSPS) is 25.3. The molecule has 1 N–H and O–H groups in total. The highest BCUT2D eigenvalue weighted by molar-refractivity contribution is 5.91. The topological polar surface area (TPSA) is 56.8 Å².